The van der Waals surface area contributed by atoms with Crippen LogP contribution in [0.15, 0.2) is 24.8 Å². The molecular weight excluding hydrogens is 682 g/mol. The van der Waals surface area contributed by atoms with Crippen LogP contribution < -0.4 is 19.3 Å². The Bertz CT molecular complexity index is 1750. The highest BCUT2D eigenvalue weighted by Gasteiger charge is 2.45. The molecule has 0 saturated carbocycles. The van der Waals surface area contributed by atoms with E-state index in [0.29, 0.717) is 67.8 Å². The summed E-state index contributed by atoms with van der Waals surface area (Å²) in [4.78, 5) is 30.4. The zero-order valence-electron chi connectivity index (χ0n) is 31.2. The van der Waals surface area contributed by atoms with Gasteiger partial charge in [0.05, 0.1) is 34.1 Å². The molecule has 286 valence electrons. The maximum absolute atomic E-state index is 15.1. The first kappa shape index (κ1) is 37.3. The van der Waals surface area contributed by atoms with Gasteiger partial charge in [0, 0.05) is 78.3 Å². The van der Waals surface area contributed by atoms with Crippen LogP contribution in [-0.4, -0.2) is 126 Å². The number of fused-ring (bicyclic) bond motifs is 2. The topological polar surface area (TPSA) is 104 Å². The highest BCUT2D eigenvalue weighted by atomic mass is 19.1. The summed E-state index contributed by atoms with van der Waals surface area (Å²) in [6.07, 6.45) is 10.9. The van der Waals surface area contributed by atoms with Crippen LogP contribution in [0, 0.1) is 24.1 Å². The fourth-order valence-electron chi connectivity index (χ4n) is 9.05. The number of aliphatic hydroxyl groups is 1. The number of aromatic nitrogens is 2. The van der Waals surface area contributed by atoms with E-state index in [1.807, 2.05) is 28.7 Å². The molecule has 0 spiro atoms. The predicted octanol–water partition coefficient (Wildman–Crippen LogP) is 3.94. The number of terminal acetylenes is 1. The van der Waals surface area contributed by atoms with E-state index in [1.54, 1.807) is 13.0 Å². The summed E-state index contributed by atoms with van der Waals surface area (Å²) in [6.45, 7) is 11.9. The van der Waals surface area contributed by atoms with Crippen LogP contribution in [0.1, 0.15) is 62.8 Å². The zero-order valence-corrected chi connectivity index (χ0v) is 31.2. The lowest BCUT2D eigenvalue weighted by atomic mass is 9.86. The lowest BCUT2D eigenvalue weighted by Gasteiger charge is -2.45. The van der Waals surface area contributed by atoms with E-state index < -0.39 is 23.1 Å². The van der Waals surface area contributed by atoms with E-state index in [1.165, 1.54) is 12.1 Å². The van der Waals surface area contributed by atoms with Crippen molar-refractivity contribution in [3.63, 3.8) is 0 Å². The summed E-state index contributed by atoms with van der Waals surface area (Å²) in [5.74, 6) is 3.42. The van der Waals surface area contributed by atoms with Gasteiger partial charge in [0.1, 0.15) is 25.2 Å². The number of ether oxygens (including phenoxy) is 3. The van der Waals surface area contributed by atoms with Crippen LogP contribution in [0.25, 0.3) is 0 Å². The minimum atomic E-state index is -1.08. The number of anilines is 2. The Morgan fingerprint density at radius 3 is 2.81 bits per heavy atom. The molecule has 53 heavy (non-hydrogen) atoms. The number of β-amino-alcohol motifs (C(OH)–C–C–N with tert-alkyl or cyclic N) is 1. The molecule has 1 aromatic carbocycles. The second-order valence-electron chi connectivity index (χ2n) is 16.1. The Kier molecular flexibility index (Phi) is 10.6. The number of rotatable bonds is 10. The van der Waals surface area contributed by atoms with Gasteiger partial charge in [-0.2, -0.15) is 9.97 Å². The van der Waals surface area contributed by atoms with E-state index in [9.17, 15) is 9.90 Å². The van der Waals surface area contributed by atoms with Crippen LogP contribution in [0.3, 0.4) is 0 Å². The van der Waals surface area contributed by atoms with Gasteiger partial charge in [0.15, 0.2) is 11.6 Å². The third kappa shape index (κ3) is 7.68. The van der Waals surface area contributed by atoms with Crippen molar-refractivity contribution in [2.45, 2.75) is 88.2 Å². The third-order valence-corrected chi connectivity index (χ3v) is 11.8. The number of likely N-dealkylation sites (tertiary alicyclic amines) is 2. The first-order valence-corrected chi connectivity index (χ1v) is 18.9. The maximum atomic E-state index is 15.1. The molecule has 3 saturated heterocycles. The van der Waals surface area contributed by atoms with Gasteiger partial charge < -0.3 is 34.0 Å². The van der Waals surface area contributed by atoms with Gasteiger partial charge >= 0.3 is 6.01 Å². The Morgan fingerprint density at radius 1 is 1.26 bits per heavy atom. The quantitative estimate of drug-likeness (QED) is 0.286. The number of hydrogen-bond donors (Lipinski definition) is 1. The van der Waals surface area contributed by atoms with E-state index in [2.05, 4.69) is 17.4 Å². The molecule has 11 nitrogen and oxygen atoms in total. The fourth-order valence-corrected chi connectivity index (χ4v) is 9.05. The van der Waals surface area contributed by atoms with Gasteiger partial charge in [-0.1, -0.05) is 18.6 Å². The minimum absolute atomic E-state index is 0.0429. The highest BCUT2D eigenvalue weighted by molar-refractivity contribution is 5.87. The lowest BCUT2D eigenvalue weighted by Crippen LogP contribution is -2.54. The standard InChI is InChI=1S/C40H52F2N6O5/c1-6-31-32(42)11-10-27-18-40(4,50)24-48(35(27)31)30-17-33-36(52-23-30)37(45(5)22-29-9-8-14-47(29)34(49)7-2)44-38(43-33)53-25-39(3)19-28(41)21-46(39)20-26-12-15-51-16-13-26/h1,7,10-11,26,28-30,50H,2,8-9,12-25H2,3-5H3/t28-,29+,30+,39+,40+/m1/s1. The number of benzene rings is 1. The van der Waals surface area contributed by atoms with Crippen LogP contribution in [0.5, 0.6) is 11.8 Å². The monoisotopic (exact) mass is 734 g/mol. The first-order chi connectivity index (χ1) is 25.4. The molecule has 6 heterocycles. The highest BCUT2D eigenvalue weighted by Crippen LogP contribution is 2.42. The van der Waals surface area contributed by atoms with Gasteiger partial charge in [0.25, 0.3) is 0 Å². The van der Waals surface area contributed by atoms with E-state index in [4.69, 9.17) is 30.6 Å². The van der Waals surface area contributed by atoms with Crippen molar-refractivity contribution >= 4 is 17.4 Å². The molecule has 0 aliphatic carbocycles. The Balaban J connectivity index is 1.19. The number of nitrogens with zero attached hydrogens (tertiary/aromatic N) is 6. The average molecular weight is 735 g/mol. The molecule has 7 rings (SSSR count). The van der Waals surface area contributed by atoms with Crippen molar-refractivity contribution in [3.05, 3.63) is 47.4 Å². The number of carbonyl (C=O) groups excluding carboxylic acids is 1. The Morgan fingerprint density at radius 2 is 2.06 bits per heavy atom. The molecule has 1 aromatic heterocycles. The van der Waals surface area contributed by atoms with Crippen molar-refractivity contribution < 1.29 is 32.9 Å². The first-order valence-electron chi connectivity index (χ1n) is 18.9. The number of alkyl halides is 1. The van der Waals surface area contributed by atoms with Gasteiger partial charge in [-0.15, -0.1) is 6.42 Å². The molecule has 1 amide bonds. The molecule has 0 bridgehead atoms. The Hall–Kier alpha value is -3.99. The smallest absolute Gasteiger partial charge is 0.318 e. The van der Waals surface area contributed by atoms with Crippen LogP contribution >= 0.6 is 0 Å². The summed E-state index contributed by atoms with van der Waals surface area (Å²) in [6, 6.07) is 2.81. The SMILES string of the molecule is C#Cc1c(F)ccc2c1N([C@@H]1COc3c(nc(OC[C@]4(C)C[C@@H](F)CN4CC4CCOCC4)nc3N(C)C[C@@H]3CCCN3C(=O)C=C)C1)C[C@@](C)(O)C2. The molecule has 3 fully saturated rings. The van der Waals surface area contributed by atoms with Crippen molar-refractivity contribution in [3.8, 4) is 24.1 Å². The van der Waals surface area contributed by atoms with Crippen molar-refractivity contribution in [1.82, 2.24) is 19.8 Å². The molecule has 0 radical (unpaired) electrons. The molecule has 5 atom stereocenters. The van der Waals surface area contributed by atoms with Crippen LogP contribution in [0.2, 0.25) is 0 Å². The largest absolute Gasteiger partial charge is 0.486 e. The number of hydrogen-bond acceptors (Lipinski definition) is 10. The molecule has 5 aliphatic rings. The number of amides is 1. The summed E-state index contributed by atoms with van der Waals surface area (Å²) in [7, 11) is 1.92. The van der Waals surface area contributed by atoms with Crippen molar-refractivity contribution in [2.75, 3.05) is 76.0 Å². The number of likely N-dealkylation sites (N-methyl/N-ethyl adjacent to an activating group) is 1. The van der Waals surface area contributed by atoms with Gasteiger partial charge in [-0.25, -0.2) is 8.78 Å². The molecule has 13 heteroatoms. The predicted molar refractivity (Wildman–Crippen MR) is 198 cm³/mol. The molecular formula is C40H52F2N6O5. The zero-order chi connectivity index (χ0) is 37.5. The van der Waals surface area contributed by atoms with Gasteiger partial charge in [-0.3, -0.25) is 9.69 Å². The van der Waals surface area contributed by atoms with Crippen molar-refractivity contribution in [1.29, 1.82) is 0 Å². The molecule has 5 aliphatic heterocycles. The summed E-state index contributed by atoms with van der Waals surface area (Å²) >= 11 is 0. The molecule has 1 N–H and O–H groups in total. The summed E-state index contributed by atoms with van der Waals surface area (Å²) in [5, 5.41) is 11.3. The van der Waals surface area contributed by atoms with Crippen molar-refractivity contribution in [2.24, 2.45) is 5.92 Å². The van der Waals surface area contributed by atoms with Crippen LogP contribution in [0.4, 0.5) is 20.3 Å². The van der Waals surface area contributed by atoms with E-state index in [0.717, 1.165) is 51.0 Å². The Labute approximate surface area is 311 Å². The van der Waals surface area contributed by atoms with E-state index in [-0.39, 0.29) is 49.3 Å². The van der Waals surface area contributed by atoms with Gasteiger partial charge in [-0.05, 0) is 63.2 Å². The second kappa shape index (κ2) is 15.0. The van der Waals surface area contributed by atoms with Gasteiger partial charge in [0.2, 0.25) is 5.91 Å². The average Bonchev–Trinajstić information content (AvgIpc) is 3.72. The molecule has 2 aromatic rings. The summed E-state index contributed by atoms with van der Waals surface area (Å²) in [5.41, 5.74) is 0.475. The molecule has 0 unspecified atom stereocenters. The van der Waals surface area contributed by atoms with E-state index >= 15 is 8.78 Å². The maximum Gasteiger partial charge on any atom is 0.318 e. The second-order valence-corrected chi connectivity index (χ2v) is 16.1. The summed E-state index contributed by atoms with van der Waals surface area (Å²) < 4.78 is 48.6. The third-order valence-electron chi connectivity index (χ3n) is 11.8. The lowest BCUT2D eigenvalue weighted by molar-refractivity contribution is -0.126. The fraction of sp³-hybridized carbons (Fsp3) is 0.625. The number of carbonyl (C=O) groups is 1. The minimum Gasteiger partial charge on any atom is -0.486 e. The van der Waals surface area contributed by atoms with Crippen LogP contribution in [-0.2, 0) is 22.4 Å². The normalized spacial score (nSPS) is 28.9. The number of halogens is 2.